The molecule has 33 heavy (non-hydrogen) atoms. The minimum absolute atomic E-state index is 0.0999. The number of sulfonamides is 1. The third-order valence-corrected chi connectivity index (χ3v) is 6.75. The van der Waals surface area contributed by atoms with Crippen LogP contribution in [0.2, 0.25) is 0 Å². The Kier molecular flexibility index (Phi) is 7.60. The summed E-state index contributed by atoms with van der Waals surface area (Å²) in [6.07, 6.45) is 0. The van der Waals surface area contributed by atoms with Gasteiger partial charge in [-0.2, -0.15) is 0 Å². The van der Waals surface area contributed by atoms with Crippen LogP contribution in [0, 0.1) is 13.8 Å². The number of carbonyl (C=O) groups excluding carboxylic acids is 1. The van der Waals surface area contributed by atoms with Crippen LogP contribution in [-0.2, 0) is 14.8 Å². The number of aryl methyl sites for hydroxylation is 2. The first-order valence-corrected chi connectivity index (χ1v) is 12.0. The van der Waals surface area contributed by atoms with Gasteiger partial charge >= 0.3 is 0 Å². The zero-order chi connectivity index (χ0) is 24.0. The first-order valence-electron chi connectivity index (χ1n) is 10.5. The Morgan fingerprint density at radius 3 is 2.18 bits per heavy atom. The Balaban J connectivity index is 1.95. The van der Waals surface area contributed by atoms with Crippen LogP contribution in [0.5, 0.6) is 11.5 Å². The Morgan fingerprint density at radius 2 is 1.58 bits per heavy atom. The fourth-order valence-corrected chi connectivity index (χ4v) is 4.69. The van der Waals surface area contributed by atoms with Gasteiger partial charge in [0.1, 0.15) is 18.0 Å². The van der Waals surface area contributed by atoms with E-state index in [1.165, 1.54) is 19.2 Å². The van der Waals surface area contributed by atoms with E-state index in [9.17, 15) is 13.2 Å². The van der Waals surface area contributed by atoms with E-state index < -0.39 is 22.5 Å². The molecule has 1 N–H and O–H groups in total. The lowest BCUT2D eigenvalue weighted by Crippen LogP contribution is -2.38. The van der Waals surface area contributed by atoms with Crippen molar-refractivity contribution in [3.63, 3.8) is 0 Å². The van der Waals surface area contributed by atoms with E-state index in [1.54, 1.807) is 48.5 Å². The predicted molar refractivity (Wildman–Crippen MR) is 130 cm³/mol. The van der Waals surface area contributed by atoms with Crippen molar-refractivity contribution in [1.29, 1.82) is 0 Å². The van der Waals surface area contributed by atoms with Crippen molar-refractivity contribution in [3.05, 3.63) is 77.9 Å². The third-order valence-electron chi connectivity index (χ3n) is 4.96. The summed E-state index contributed by atoms with van der Waals surface area (Å²) in [5.41, 5.74) is 2.69. The SMILES string of the molecule is CCOc1ccc(N(CC(=O)Nc2cc(C)ccc2OC)S(=O)(=O)c2ccc(C)cc2)cc1. The highest BCUT2D eigenvalue weighted by Crippen LogP contribution is 2.28. The summed E-state index contributed by atoms with van der Waals surface area (Å²) in [5.74, 6) is 0.606. The molecular weight excluding hydrogens is 440 g/mol. The normalized spacial score (nSPS) is 11.0. The van der Waals surface area contributed by atoms with Crippen LogP contribution in [0.3, 0.4) is 0 Å². The summed E-state index contributed by atoms with van der Waals surface area (Å²) in [7, 11) is -2.50. The van der Waals surface area contributed by atoms with Gasteiger partial charge in [-0.3, -0.25) is 9.10 Å². The van der Waals surface area contributed by atoms with Crippen molar-refractivity contribution in [2.45, 2.75) is 25.7 Å². The van der Waals surface area contributed by atoms with Gasteiger partial charge in [0.25, 0.3) is 10.0 Å². The molecule has 0 aliphatic carbocycles. The molecule has 0 unspecified atom stereocenters. The lowest BCUT2D eigenvalue weighted by molar-refractivity contribution is -0.114. The highest BCUT2D eigenvalue weighted by Gasteiger charge is 2.27. The van der Waals surface area contributed by atoms with Crippen LogP contribution in [0.25, 0.3) is 0 Å². The summed E-state index contributed by atoms with van der Waals surface area (Å²) in [6, 6.07) is 18.5. The van der Waals surface area contributed by atoms with E-state index in [-0.39, 0.29) is 4.90 Å². The van der Waals surface area contributed by atoms with Crippen molar-refractivity contribution in [3.8, 4) is 11.5 Å². The maximum absolute atomic E-state index is 13.5. The highest BCUT2D eigenvalue weighted by molar-refractivity contribution is 7.92. The van der Waals surface area contributed by atoms with Gasteiger partial charge in [-0.05, 0) is 74.9 Å². The Hall–Kier alpha value is -3.52. The molecule has 0 bridgehead atoms. The van der Waals surface area contributed by atoms with E-state index in [1.807, 2.05) is 26.8 Å². The number of nitrogens with zero attached hydrogens (tertiary/aromatic N) is 1. The zero-order valence-corrected chi connectivity index (χ0v) is 20.0. The van der Waals surface area contributed by atoms with E-state index in [0.717, 1.165) is 15.4 Å². The molecule has 0 aromatic heterocycles. The maximum atomic E-state index is 13.5. The summed E-state index contributed by atoms with van der Waals surface area (Å²) in [5, 5.41) is 2.77. The third kappa shape index (κ3) is 5.84. The number of ether oxygens (including phenoxy) is 2. The lowest BCUT2D eigenvalue weighted by atomic mass is 10.2. The molecule has 1 amide bonds. The molecule has 0 atom stereocenters. The first kappa shape index (κ1) is 24.1. The summed E-state index contributed by atoms with van der Waals surface area (Å²) < 4.78 is 38.9. The molecule has 0 aliphatic heterocycles. The number of rotatable bonds is 9. The number of carbonyl (C=O) groups is 1. The van der Waals surface area contributed by atoms with Crippen molar-refractivity contribution in [2.24, 2.45) is 0 Å². The van der Waals surface area contributed by atoms with Gasteiger partial charge in [-0.1, -0.05) is 23.8 Å². The molecule has 3 aromatic carbocycles. The minimum Gasteiger partial charge on any atom is -0.495 e. The molecule has 0 heterocycles. The number of methoxy groups -OCH3 is 1. The van der Waals surface area contributed by atoms with Crippen LogP contribution < -0.4 is 19.1 Å². The van der Waals surface area contributed by atoms with Gasteiger partial charge in [0.2, 0.25) is 5.91 Å². The van der Waals surface area contributed by atoms with Crippen LogP contribution in [0.1, 0.15) is 18.1 Å². The molecule has 0 saturated heterocycles. The molecule has 0 aliphatic rings. The standard InChI is InChI=1S/C25H28N2O5S/c1-5-32-21-11-9-20(10-12-21)27(33(29,30)22-13-6-18(2)7-14-22)17-25(28)26-23-16-19(3)8-15-24(23)31-4/h6-16H,5,17H2,1-4H3,(H,26,28). The first-order chi connectivity index (χ1) is 15.7. The molecular formula is C25H28N2O5S. The molecule has 8 heteroatoms. The number of hydrogen-bond acceptors (Lipinski definition) is 5. The molecule has 3 rings (SSSR count). The number of amides is 1. The van der Waals surface area contributed by atoms with Gasteiger partial charge in [-0.15, -0.1) is 0 Å². The van der Waals surface area contributed by atoms with Gasteiger partial charge in [0.15, 0.2) is 0 Å². The number of nitrogens with one attached hydrogen (secondary N) is 1. The summed E-state index contributed by atoms with van der Waals surface area (Å²) in [4.78, 5) is 13.1. The van der Waals surface area contributed by atoms with E-state index >= 15 is 0 Å². The molecule has 0 fully saturated rings. The molecule has 0 saturated carbocycles. The number of benzene rings is 3. The lowest BCUT2D eigenvalue weighted by Gasteiger charge is -2.24. The average Bonchev–Trinajstić information content (AvgIpc) is 2.79. The van der Waals surface area contributed by atoms with Crippen LogP contribution in [0.15, 0.2) is 71.6 Å². The van der Waals surface area contributed by atoms with Crippen LogP contribution >= 0.6 is 0 Å². The quantitative estimate of drug-likeness (QED) is 0.498. The topological polar surface area (TPSA) is 84.9 Å². The molecule has 0 spiro atoms. The molecule has 174 valence electrons. The molecule has 3 aromatic rings. The zero-order valence-electron chi connectivity index (χ0n) is 19.2. The highest BCUT2D eigenvalue weighted by atomic mass is 32.2. The summed E-state index contributed by atoms with van der Waals surface area (Å²) >= 11 is 0. The van der Waals surface area contributed by atoms with E-state index in [4.69, 9.17) is 9.47 Å². The van der Waals surface area contributed by atoms with Crippen molar-refractivity contribution >= 4 is 27.3 Å². The minimum atomic E-state index is -4.01. The van der Waals surface area contributed by atoms with Crippen molar-refractivity contribution in [1.82, 2.24) is 0 Å². The maximum Gasteiger partial charge on any atom is 0.264 e. The fourth-order valence-electron chi connectivity index (χ4n) is 3.27. The second-order valence-corrected chi connectivity index (χ2v) is 9.37. The molecule has 7 nitrogen and oxygen atoms in total. The largest absolute Gasteiger partial charge is 0.495 e. The van der Waals surface area contributed by atoms with Gasteiger partial charge < -0.3 is 14.8 Å². The van der Waals surface area contributed by atoms with Crippen molar-refractivity contribution < 1.29 is 22.7 Å². The van der Waals surface area contributed by atoms with Crippen LogP contribution in [0.4, 0.5) is 11.4 Å². The van der Waals surface area contributed by atoms with Gasteiger partial charge in [0, 0.05) is 0 Å². The number of hydrogen-bond donors (Lipinski definition) is 1. The predicted octanol–water partition coefficient (Wildman–Crippen LogP) is 4.54. The van der Waals surface area contributed by atoms with Crippen molar-refractivity contribution in [2.75, 3.05) is 29.9 Å². The second kappa shape index (κ2) is 10.4. The summed E-state index contributed by atoms with van der Waals surface area (Å²) in [6.45, 7) is 5.71. The smallest absolute Gasteiger partial charge is 0.264 e. The number of anilines is 2. The monoisotopic (exact) mass is 468 g/mol. The van der Waals surface area contributed by atoms with E-state index in [0.29, 0.717) is 29.5 Å². The second-order valence-electron chi connectivity index (χ2n) is 7.50. The Morgan fingerprint density at radius 1 is 0.939 bits per heavy atom. The van der Waals surface area contributed by atoms with Crippen LogP contribution in [-0.4, -0.2) is 34.6 Å². The van der Waals surface area contributed by atoms with E-state index in [2.05, 4.69) is 5.32 Å². The Bertz CT molecular complexity index is 1210. The molecule has 0 radical (unpaired) electrons. The average molecular weight is 469 g/mol. The fraction of sp³-hybridized carbons (Fsp3) is 0.240. The Labute approximate surface area is 195 Å². The van der Waals surface area contributed by atoms with Gasteiger partial charge in [0.05, 0.1) is 30.0 Å². The van der Waals surface area contributed by atoms with Gasteiger partial charge in [-0.25, -0.2) is 8.42 Å².